The lowest BCUT2D eigenvalue weighted by atomic mass is 10.0. The Kier molecular flexibility index (Phi) is 7.29. The zero-order valence-corrected chi connectivity index (χ0v) is 14.1. The van der Waals surface area contributed by atoms with Crippen LogP contribution >= 0.6 is 0 Å². The molecule has 1 unspecified atom stereocenters. The number of unbranched alkanes of at least 4 members (excludes halogenated alkanes) is 7. The Morgan fingerprint density at radius 3 is 2.48 bits per heavy atom. The van der Waals surface area contributed by atoms with E-state index in [1.165, 1.54) is 76.3 Å². The quantitative estimate of drug-likeness (QED) is 0.543. The molecule has 0 aromatic heterocycles. The Hall–Kier alpha value is -0.820. The van der Waals surface area contributed by atoms with E-state index in [0.717, 1.165) is 0 Å². The monoisotopic (exact) mass is 287 g/mol. The van der Waals surface area contributed by atoms with E-state index in [9.17, 15) is 0 Å². The van der Waals surface area contributed by atoms with Crippen LogP contribution in [0.3, 0.4) is 0 Å². The molecular weight excluding hydrogens is 254 g/mol. The first-order chi connectivity index (χ1) is 10.3. The van der Waals surface area contributed by atoms with Gasteiger partial charge in [0.1, 0.15) is 0 Å². The lowest BCUT2D eigenvalue weighted by Gasteiger charge is -2.14. The van der Waals surface area contributed by atoms with Crippen molar-refractivity contribution in [2.45, 2.75) is 84.1 Å². The predicted molar refractivity (Wildman–Crippen MR) is 92.9 cm³/mol. The Balaban J connectivity index is 1.56. The van der Waals surface area contributed by atoms with Crippen LogP contribution in [-0.4, -0.2) is 6.54 Å². The summed E-state index contributed by atoms with van der Waals surface area (Å²) < 4.78 is 0. The summed E-state index contributed by atoms with van der Waals surface area (Å²) in [7, 11) is 0. The highest BCUT2D eigenvalue weighted by Crippen LogP contribution is 2.31. The maximum atomic E-state index is 3.78. The molecule has 0 radical (unpaired) electrons. The van der Waals surface area contributed by atoms with Gasteiger partial charge in [0.2, 0.25) is 0 Å². The van der Waals surface area contributed by atoms with Crippen molar-refractivity contribution in [3.05, 3.63) is 34.9 Å². The third kappa shape index (κ3) is 5.47. The zero-order valence-electron chi connectivity index (χ0n) is 14.1. The van der Waals surface area contributed by atoms with E-state index in [0.29, 0.717) is 6.04 Å². The van der Waals surface area contributed by atoms with Gasteiger partial charge in [0.25, 0.3) is 0 Å². The molecule has 1 aliphatic rings. The summed E-state index contributed by atoms with van der Waals surface area (Å²) in [6, 6.07) is 7.57. The number of fused-ring (bicyclic) bond motifs is 1. The molecule has 0 amide bonds. The molecule has 1 aromatic rings. The molecular formula is C20H33N. The summed E-state index contributed by atoms with van der Waals surface area (Å²) in [5.41, 5.74) is 4.53. The lowest BCUT2D eigenvalue weighted by Crippen LogP contribution is -2.20. The lowest BCUT2D eigenvalue weighted by molar-refractivity contribution is 0.498. The standard InChI is InChI=1S/C20H33N/c1-3-4-5-6-7-8-9-10-15-21-20-14-13-18-12-11-17(2)16-19(18)20/h11-12,16,20-21H,3-10,13-15H2,1-2H3. The second-order valence-corrected chi connectivity index (χ2v) is 6.72. The van der Waals surface area contributed by atoms with Crippen molar-refractivity contribution in [2.24, 2.45) is 0 Å². The molecule has 1 N–H and O–H groups in total. The van der Waals surface area contributed by atoms with Gasteiger partial charge in [-0.1, -0.05) is 75.6 Å². The maximum Gasteiger partial charge on any atom is 0.0326 e. The average Bonchev–Trinajstić information content (AvgIpc) is 2.88. The van der Waals surface area contributed by atoms with Crippen LogP contribution in [0.25, 0.3) is 0 Å². The predicted octanol–water partition coefficient (Wildman–Crippen LogP) is 5.71. The van der Waals surface area contributed by atoms with Gasteiger partial charge in [0.05, 0.1) is 0 Å². The SMILES string of the molecule is CCCCCCCCCCNC1CCc2ccc(C)cc21. The van der Waals surface area contributed by atoms with Crippen molar-refractivity contribution in [1.82, 2.24) is 5.32 Å². The van der Waals surface area contributed by atoms with Gasteiger partial charge >= 0.3 is 0 Å². The van der Waals surface area contributed by atoms with Crippen LogP contribution in [0.15, 0.2) is 18.2 Å². The molecule has 1 aliphatic carbocycles. The number of nitrogens with one attached hydrogen (secondary N) is 1. The molecule has 0 aliphatic heterocycles. The second-order valence-electron chi connectivity index (χ2n) is 6.72. The fraction of sp³-hybridized carbons (Fsp3) is 0.700. The molecule has 1 atom stereocenters. The van der Waals surface area contributed by atoms with Gasteiger partial charge in [0, 0.05) is 6.04 Å². The number of benzene rings is 1. The first-order valence-electron chi connectivity index (χ1n) is 9.14. The Bertz CT molecular complexity index is 410. The van der Waals surface area contributed by atoms with Gasteiger partial charge in [-0.15, -0.1) is 0 Å². The van der Waals surface area contributed by atoms with Crippen LogP contribution in [0.2, 0.25) is 0 Å². The molecule has 1 aromatic carbocycles. The maximum absolute atomic E-state index is 3.78. The van der Waals surface area contributed by atoms with E-state index < -0.39 is 0 Å². The minimum absolute atomic E-state index is 0.615. The van der Waals surface area contributed by atoms with Gasteiger partial charge in [0.15, 0.2) is 0 Å². The molecule has 0 heterocycles. The summed E-state index contributed by atoms with van der Waals surface area (Å²) in [5, 5.41) is 3.78. The summed E-state index contributed by atoms with van der Waals surface area (Å²) >= 11 is 0. The molecule has 0 fully saturated rings. The van der Waals surface area contributed by atoms with E-state index in [-0.39, 0.29) is 0 Å². The molecule has 1 nitrogen and oxygen atoms in total. The third-order valence-corrected chi connectivity index (χ3v) is 4.80. The number of aryl methyl sites for hydroxylation is 2. The van der Waals surface area contributed by atoms with E-state index in [1.54, 1.807) is 11.1 Å². The van der Waals surface area contributed by atoms with Crippen molar-refractivity contribution in [3.8, 4) is 0 Å². The minimum atomic E-state index is 0.615. The molecule has 0 spiro atoms. The van der Waals surface area contributed by atoms with Crippen LogP contribution in [-0.2, 0) is 6.42 Å². The highest BCUT2D eigenvalue weighted by molar-refractivity contribution is 5.37. The van der Waals surface area contributed by atoms with E-state index >= 15 is 0 Å². The number of rotatable bonds is 10. The fourth-order valence-electron chi connectivity index (χ4n) is 3.47. The molecule has 0 saturated heterocycles. The van der Waals surface area contributed by atoms with Crippen molar-refractivity contribution < 1.29 is 0 Å². The van der Waals surface area contributed by atoms with Gasteiger partial charge < -0.3 is 5.32 Å². The van der Waals surface area contributed by atoms with Crippen molar-refractivity contribution in [1.29, 1.82) is 0 Å². The third-order valence-electron chi connectivity index (χ3n) is 4.80. The Morgan fingerprint density at radius 2 is 1.71 bits per heavy atom. The summed E-state index contributed by atoms with van der Waals surface area (Å²) in [6.45, 7) is 5.68. The molecule has 118 valence electrons. The van der Waals surface area contributed by atoms with Gasteiger partial charge in [-0.3, -0.25) is 0 Å². The van der Waals surface area contributed by atoms with Crippen molar-refractivity contribution in [3.63, 3.8) is 0 Å². The van der Waals surface area contributed by atoms with Gasteiger partial charge in [-0.05, 0) is 43.9 Å². The normalized spacial score (nSPS) is 17.1. The van der Waals surface area contributed by atoms with E-state index in [1.807, 2.05) is 0 Å². The summed E-state index contributed by atoms with van der Waals surface area (Å²) in [5.74, 6) is 0. The zero-order chi connectivity index (χ0) is 14.9. The van der Waals surface area contributed by atoms with Crippen LogP contribution in [0.4, 0.5) is 0 Å². The first kappa shape index (κ1) is 16.5. The van der Waals surface area contributed by atoms with Crippen LogP contribution < -0.4 is 5.32 Å². The smallest absolute Gasteiger partial charge is 0.0326 e. The number of hydrogen-bond acceptors (Lipinski definition) is 1. The highest BCUT2D eigenvalue weighted by atomic mass is 14.9. The minimum Gasteiger partial charge on any atom is -0.310 e. The molecule has 21 heavy (non-hydrogen) atoms. The van der Waals surface area contributed by atoms with Crippen LogP contribution in [0.5, 0.6) is 0 Å². The average molecular weight is 287 g/mol. The largest absolute Gasteiger partial charge is 0.310 e. The summed E-state index contributed by atoms with van der Waals surface area (Å²) in [4.78, 5) is 0. The van der Waals surface area contributed by atoms with Crippen molar-refractivity contribution in [2.75, 3.05) is 6.54 Å². The van der Waals surface area contributed by atoms with E-state index in [2.05, 4.69) is 37.4 Å². The highest BCUT2D eigenvalue weighted by Gasteiger charge is 2.21. The number of hydrogen-bond donors (Lipinski definition) is 1. The van der Waals surface area contributed by atoms with Crippen molar-refractivity contribution >= 4 is 0 Å². The van der Waals surface area contributed by atoms with Gasteiger partial charge in [-0.2, -0.15) is 0 Å². The summed E-state index contributed by atoms with van der Waals surface area (Å²) in [6.07, 6.45) is 13.8. The topological polar surface area (TPSA) is 12.0 Å². The van der Waals surface area contributed by atoms with Crippen LogP contribution in [0, 0.1) is 6.92 Å². The second kappa shape index (κ2) is 9.25. The van der Waals surface area contributed by atoms with E-state index in [4.69, 9.17) is 0 Å². The molecule has 1 heteroatoms. The first-order valence-corrected chi connectivity index (χ1v) is 9.14. The fourth-order valence-corrected chi connectivity index (χ4v) is 3.47. The van der Waals surface area contributed by atoms with Gasteiger partial charge in [-0.25, -0.2) is 0 Å². The van der Waals surface area contributed by atoms with Crippen LogP contribution in [0.1, 0.15) is 87.4 Å². The molecule has 2 rings (SSSR count). The molecule has 0 saturated carbocycles. The Labute approximate surface area is 131 Å². The molecule has 0 bridgehead atoms. The Morgan fingerprint density at radius 1 is 1.00 bits per heavy atom.